The number of halogens is 1. The highest BCUT2D eigenvalue weighted by Gasteiger charge is 2.17. The lowest BCUT2D eigenvalue weighted by Crippen LogP contribution is -2.31. The summed E-state index contributed by atoms with van der Waals surface area (Å²) in [6.07, 6.45) is 1.65. The molecule has 0 saturated heterocycles. The Morgan fingerprint density at radius 1 is 1.16 bits per heavy atom. The fourth-order valence-corrected chi connectivity index (χ4v) is 3.14. The number of hydrogen-bond donors (Lipinski definition) is 1. The third kappa shape index (κ3) is 3.51. The summed E-state index contributed by atoms with van der Waals surface area (Å²) in [6.45, 7) is 4.58. The van der Waals surface area contributed by atoms with Crippen LogP contribution in [0.1, 0.15) is 35.8 Å². The summed E-state index contributed by atoms with van der Waals surface area (Å²) in [5.74, 6) is -0.353. The molecule has 1 heterocycles. The van der Waals surface area contributed by atoms with Gasteiger partial charge in [0.15, 0.2) is 0 Å². The molecule has 0 aliphatic carbocycles. The van der Waals surface area contributed by atoms with Crippen molar-refractivity contribution in [2.24, 2.45) is 0 Å². The van der Waals surface area contributed by atoms with Crippen molar-refractivity contribution in [3.05, 3.63) is 80.6 Å². The van der Waals surface area contributed by atoms with Gasteiger partial charge < -0.3 is 9.88 Å². The number of hydrogen-bond acceptors (Lipinski definition) is 2. The van der Waals surface area contributed by atoms with Crippen molar-refractivity contribution in [1.29, 1.82) is 0 Å². The number of rotatable bonds is 4. The average molecular weight is 399 g/mol. The van der Waals surface area contributed by atoms with Crippen molar-refractivity contribution >= 4 is 32.7 Å². The van der Waals surface area contributed by atoms with Gasteiger partial charge in [-0.2, -0.15) is 0 Å². The maximum absolute atomic E-state index is 12.7. The lowest BCUT2D eigenvalue weighted by atomic mass is 10.1. The van der Waals surface area contributed by atoms with Crippen LogP contribution in [0.5, 0.6) is 0 Å². The summed E-state index contributed by atoms with van der Waals surface area (Å²) in [6, 6.07) is 14.9. The first-order valence-electron chi connectivity index (χ1n) is 8.19. The molecule has 0 bridgehead atoms. The van der Waals surface area contributed by atoms with E-state index >= 15 is 0 Å². The van der Waals surface area contributed by atoms with Crippen molar-refractivity contribution in [2.75, 3.05) is 0 Å². The number of carbonyl (C=O) groups excluding carboxylic acids is 1. The summed E-state index contributed by atoms with van der Waals surface area (Å²) in [4.78, 5) is 25.4. The molecule has 0 spiro atoms. The summed E-state index contributed by atoms with van der Waals surface area (Å²) in [7, 11) is 0. The third-order valence-corrected chi connectivity index (χ3v) is 4.82. The highest BCUT2D eigenvalue weighted by Crippen LogP contribution is 2.17. The Kier molecular flexibility index (Phi) is 5.04. The second-order valence-electron chi connectivity index (χ2n) is 5.92. The summed E-state index contributed by atoms with van der Waals surface area (Å²) in [5.41, 5.74) is 1.76. The van der Waals surface area contributed by atoms with Crippen molar-refractivity contribution in [3.63, 3.8) is 0 Å². The van der Waals surface area contributed by atoms with Crippen molar-refractivity contribution < 1.29 is 4.79 Å². The van der Waals surface area contributed by atoms with Crippen LogP contribution in [0.3, 0.4) is 0 Å². The largest absolute Gasteiger partial charge is 0.347 e. The van der Waals surface area contributed by atoms with E-state index in [1.807, 2.05) is 60.9 Å². The molecular weight excluding hydrogens is 380 g/mol. The van der Waals surface area contributed by atoms with Crippen LogP contribution < -0.4 is 10.7 Å². The van der Waals surface area contributed by atoms with Crippen molar-refractivity contribution in [3.8, 4) is 0 Å². The molecule has 0 saturated carbocycles. The van der Waals surface area contributed by atoms with Gasteiger partial charge in [0.2, 0.25) is 5.43 Å². The van der Waals surface area contributed by atoms with Gasteiger partial charge in [-0.25, -0.2) is 0 Å². The lowest BCUT2D eigenvalue weighted by molar-refractivity contribution is 0.0938. The average Bonchev–Trinajstić information content (AvgIpc) is 2.62. The van der Waals surface area contributed by atoms with Crippen LogP contribution >= 0.6 is 15.9 Å². The Morgan fingerprint density at radius 3 is 2.52 bits per heavy atom. The Labute approximate surface area is 154 Å². The molecule has 1 N–H and O–H groups in total. The number of para-hydroxylation sites is 1. The first-order chi connectivity index (χ1) is 12.0. The molecule has 0 fully saturated rings. The van der Waals surface area contributed by atoms with E-state index in [4.69, 9.17) is 0 Å². The molecule has 0 radical (unpaired) electrons. The van der Waals surface area contributed by atoms with Crippen LogP contribution in [-0.2, 0) is 6.54 Å². The van der Waals surface area contributed by atoms with Gasteiger partial charge >= 0.3 is 0 Å². The van der Waals surface area contributed by atoms with E-state index < -0.39 is 0 Å². The number of nitrogens with one attached hydrogen (secondary N) is 1. The molecule has 3 rings (SSSR count). The van der Waals surface area contributed by atoms with E-state index in [2.05, 4.69) is 21.2 Å². The Balaban J connectivity index is 1.95. The smallest absolute Gasteiger partial charge is 0.257 e. The second kappa shape index (κ2) is 7.23. The van der Waals surface area contributed by atoms with Gasteiger partial charge in [-0.05, 0) is 43.7 Å². The molecule has 1 atom stereocenters. The van der Waals surface area contributed by atoms with Gasteiger partial charge in [0.1, 0.15) is 5.56 Å². The van der Waals surface area contributed by atoms with E-state index in [0.717, 1.165) is 15.6 Å². The maximum atomic E-state index is 12.7. The van der Waals surface area contributed by atoms with Gasteiger partial charge in [-0.3, -0.25) is 9.59 Å². The van der Waals surface area contributed by atoms with E-state index in [1.54, 1.807) is 12.3 Å². The Hall–Kier alpha value is -2.40. The minimum absolute atomic E-state index is 0.171. The van der Waals surface area contributed by atoms with Gasteiger partial charge in [-0.15, -0.1) is 0 Å². The van der Waals surface area contributed by atoms with Crippen LogP contribution in [0.4, 0.5) is 0 Å². The van der Waals surface area contributed by atoms with E-state index in [1.165, 1.54) is 0 Å². The number of aryl methyl sites for hydroxylation is 1. The van der Waals surface area contributed by atoms with E-state index in [0.29, 0.717) is 11.9 Å². The summed E-state index contributed by atoms with van der Waals surface area (Å²) >= 11 is 3.40. The first kappa shape index (κ1) is 17.4. The number of aromatic nitrogens is 1. The third-order valence-electron chi connectivity index (χ3n) is 4.29. The first-order valence-corrected chi connectivity index (χ1v) is 8.99. The van der Waals surface area contributed by atoms with Crippen LogP contribution in [0.25, 0.3) is 10.9 Å². The number of benzene rings is 2. The molecule has 2 aromatic carbocycles. The normalized spacial score (nSPS) is 12.1. The highest BCUT2D eigenvalue weighted by molar-refractivity contribution is 9.10. The van der Waals surface area contributed by atoms with Crippen molar-refractivity contribution in [1.82, 2.24) is 9.88 Å². The molecule has 0 aliphatic heterocycles. The summed E-state index contributed by atoms with van der Waals surface area (Å²) in [5, 5.41) is 3.48. The van der Waals surface area contributed by atoms with Crippen molar-refractivity contribution in [2.45, 2.75) is 26.4 Å². The zero-order valence-corrected chi connectivity index (χ0v) is 15.7. The highest BCUT2D eigenvalue weighted by atomic mass is 79.9. The minimum Gasteiger partial charge on any atom is -0.347 e. The van der Waals surface area contributed by atoms with Gasteiger partial charge in [-0.1, -0.05) is 40.2 Å². The predicted octanol–water partition coefficient (Wildman–Crippen LogP) is 4.27. The predicted molar refractivity (Wildman–Crippen MR) is 104 cm³/mol. The quantitative estimate of drug-likeness (QED) is 0.712. The molecule has 128 valence electrons. The topological polar surface area (TPSA) is 51.1 Å². The van der Waals surface area contributed by atoms with Crippen LogP contribution in [0.2, 0.25) is 0 Å². The lowest BCUT2D eigenvalue weighted by Gasteiger charge is -2.16. The number of fused-ring (bicyclic) bond motifs is 1. The maximum Gasteiger partial charge on any atom is 0.257 e. The number of nitrogens with zero attached hydrogens (tertiary/aromatic N) is 1. The van der Waals surface area contributed by atoms with E-state index in [9.17, 15) is 9.59 Å². The van der Waals surface area contributed by atoms with E-state index in [-0.39, 0.29) is 22.9 Å². The molecule has 1 aromatic heterocycles. The molecule has 4 nitrogen and oxygen atoms in total. The molecule has 25 heavy (non-hydrogen) atoms. The van der Waals surface area contributed by atoms with Crippen LogP contribution in [0, 0.1) is 0 Å². The molecule has 0 aliphatic rings. The molecule has 3 aromatic rings. The molecule has 0 unspecified atom stereocenters. The second-order valence-corrected chi connectivity index (χ2v) is 6.84. The fraction of sp³-hybridized carbons (Fsp3) is 0.200. The molecule has 5 heteroatoms. The SMILES string of the molecule is CCn1cc(C(=O)N[C@H](C)c2ccc(Br)cc2)c(=O)c2ccccc21. The van der Waals surface area contributed by atoms with Gasteiger partial charge in [0.05, 0.1) is 11.6 Å². The molecular formula is C20H19BrN2O2. The standard InChI is InChI=1S/C20H19BrN2O2/c1-3-23-12-17(19(24)16-6-4-5-7-18(16)23)20(25)22-13(2)14-8-10-15(21)11-9-14/h4-13H,3H2,1-2H3,(H,22,25)/t13-/m1/s1. The fourth-order valence-electron chi connectivity index (χ4n) is 2.88. The minimum atomic E-state index is -0.353. The Bertz CT molecular complexity index is 977. The number of carbonyl (C=O) groups is 1. The van der Waals surface area contributed by atoms with Gasteiger partial charge in [0.25, 0.3) is 5.91 Å². The zero-order valence-electron chi connectivity index (χ0n) is 14.1. The number of amides is 1. The monoisotopic (exact) mass is 398 g/mol. The molecule has 1 amide bonds. The Morgan fingerprint density at radius 2 is 1.84 bits per heavy atom. The summed E-state index contributed by atoms with van der Waals surface area (Å²) < 4.78 is 2.91. The van der Waals surface area contributed by atoms with Crippen LogP contribution in [-0.4, -0.2) is 10.5 Å². The zero-order chi connectivity index (χ0) is 18.0. The number of pyridine rings is 1. The van der Waals surface area contributed by atoms with Crippen LogP contribution in [0.15, 0.2) is 64.0 Å². The van der Waals surface area contributed by atoms with Gasteiger partial charge in [0, 0.05) is 22.6 Å².